The second-order valence-electron chi connectivity index (χ2n) is 8.06. The third-order valence-corrected chi connectivity index (χ3v) is 6.52. The first-order valence-electron chi connectivity index (χ1n) is 10.7. The van der Waals surface area contributed by atoms with Gasteiger partial charge in [0, 0.05) is 29.5 Å². The Balaban J connectivity index is 1.76. The molecule has 1 atom stereocenters. The van der Waals surface area contributed by atoms with E-state index in [1.807, 2.05) is 43.3 Å². The zero-order valence-electron chi connectivity index (χ0n) is 18.0. The summed E-state index contributed by atoms with van der Waals surface area (Å²) < 4.78 is 1.64. The Kier molecular flexibility index (Phi) is 5.23. The van der Waals surface area contributed by atoms with Gasteiger partial charge in [0.25, 0.3) is 0 Å². The molecule has 0 spiro atoms. The van der Waals surface area contributed by atoms with Gasteiger partial charge >= 0.3 is 0 Å². The highest BCUT2D eigenvalue weighted by molar-refractivity contribution is 6.31. The summed E-state index contributed by atoms with van der Waals surface area (Å²) in [7, 11) is 0. The second-order valence-corrected chi connectivity index (χ2v) is 8.42. The number of hydrogen-bond acceptors (Lipinski definition) is 6. The second kappa shape index (κ2) is 8.23. The summed E-state index contributed by atoms with van der Waals surface area (Å²) in [6, 6.07) is 15.5. The number of nitriles is 1. The number of carbonyl (C=O) groups excluding carboxylic acids is 1. The fraction of sp³-hybridized carbons (Fsp3) is 0.200. The number of ketones is 1. The lowest BCUT2D eigenvalue weighted by molar-refractivity contribution is -0.116. The molecule has 0 amide bonds. The Labute approximate surface area is 196 Å². The largest absolute Gasteiger partial charge is 0.384 e. The first kappa shape index (κ1) is 21.0. The van der Waals surface area contributed by atoms with Crippen molar-refractivity contribution in [3.8, 4) is 11.8 Å². The van der Waals surface area contributed by atoms with E-state index in [4.69, 9.17) is 17.3 Å². The fourth-order valence-corrected chi connectivity index (χ4v) is 5.12. The molecule has 8 heteroatoms. The molecule has 1 aliphatic carbocycles. The Morgan fingerprint density at radius 2 is 1.91 bits per heavy atom. The molecule has 33 heavy (non-hydrogen) atoms. The van der Waals surface area contributed by atoms with Gasteiger partial charge in [-0.1, -0.05) is 29.8 Å². The summed E-state index contributed by atoms with van der Waals surface area (Å²) in [5.74, 6) is -0.388. The van der Waals surface area contributed by atoms with Crippen molar-refractivity contribution >= 4 is 23.1 Å². The summed E-state index contributed by atoms with van der Waals surface area (Å²) in [5, 5.41) is 15.2. The minimum Gasteiger partial charge on any atom is -0.384 e. The number of nitrogens with two attached hydrogens (primary N) is 1. The quantitative estimate of drug-likeness (QED) is 0.621. The molecular weight excluding hydrogens is 436 g/mol. The third-order valence-electron chi connectivity index (χ3n) is 6.15. The van der Waals surface area contributed by atoms with E-state index in [9.17, 15) is 10.1 Å². The van der Waals surface area contributed by atoms with E-state index in [0.717, 1.165) is 11.4 Å². The van der Waals surface area contributed by atoms with Crippen molar-refractivity contribution in [3.05, 3.63) is 93.9 Å². The maximum absolute atomic E-state index is 13.3. The highest BCUT2D eigenvalue weighted by atomic mass is 35.5. The number of pyridine rings is 1. The average Bonchev–Trinajstić information content (AvgIpc) is 3.13. The number of nitrogens with zero attached hydrogens (tertiary/aromatic N) is 5. The molecule has 1 aromatic carbocycles. The minimum absolute atomic E-state index is 0.00156. The van der Waals surface area contributed by atoms with Gasteiger partial charge < -0.3 is 5.73 Å². The standard InChI is InChI=1S/C25H21ClN6O/c1-15-21(24(26)32(30-15)16-7-3-2-4-8-16)22-18(13-27)25(28)31(17-9-6-12-29-14-17)19-10-5-11-20(33)23(19)22/h2-4,6-9,12,14,22H,5,10-11,28H2,1H3. The molecule has 0 radical (unpaired) electrons. The number of carbonyl (C=O) groups is 1. The number of allylic oxidation sites excluding steroid dienone is 3. The number of Topliss-reactive ketones (excluding diaryl/α,β-unsaturated/α-hetero) is 1. The number of hydrogen-bond donors (Lipinski definition) is 1. The van der Waals surface area contributed by atoms with Crippen molar-refractivity contribution < 1.29 is 4.79 Å². The van der Waals surface area contributed by atoms with Crippen LogP contribution in [0.25, 0.3) is 5.69 Å². The van der Waals surface area contributed by atoms with E-state index >= 15 is 0 Å². The number of halogens is 1. The Hall–Kier alpha value is -3.89. The number of para-hydroxylation sites is 1. The molecule has 5 rings (SSSR count). The molecule has 2 aliphatic rings. The van der Waals surface area contributed by atoms with Crippen LogP contribution in [0.3, 0.4) is 0 Å². The number of benzene rings is 1. The third kappa shape index (κ3) is 3.31. The zero-order valence-corrected chi connectivity index (χ0v) is 18.8. The minimum atomic E-state index is -0.671. The van der Waals surface area contributed by atoms with Crippen molar-refractivity contribution in [2.24, 2.45) is 5.73 Å². The van der Waals surface area contributed by atoms with Crippen molar-refractivity contribution in [1.82, 2.24) is 14.8 Å². The molecule has 7 nitrogen and oxygen atoms in total. The van der Waals surface area contributed by atoms with Crippen molar-refractivity contribution in [2.75, 3.05) is 4.90 Å². The normalized spacial score (nSPS) is 18.4. The van der Waals surface area contributed by atoms with E-state index < -0.39 is 5.92 Å². The van der Waals surface area contributed by atoms with Gasteiger partial charge in [0.1, 0.15) is 11.0 Å². The van der Waals surface area contributed by atoms with Crippen molar-refractivity contribution in [2.45, 2.75) is 32.1 Å². The van der Waals surface area contributed by atoms with E-state index in [1.54, 1.807) is 28.0 Å². The summed E-state index contributed by atoms with van der Waals surface area (Å²) in [6.45, 7) is 1.84. The van der Waals surface area contributed by atoms with Crippen molar-refractivity contribution in [3.63, 3.8) is 0 Å². The van der Waals surface area contributed by atoms with Gasteiger partial charge in [0.2, 0.25) is 0 Å². The van der Waals surface area contributed by atoms with Crippen LogP contribution in [0, 0.1) is 18.3 Å². The Morgan fingerprint density at radius 3 is 2.61 bits per heavy atom. The number of rotatable bonds is 3. The molecule has 2 aromatic heterocycles. The van der Waals surface area contributed by atoms with E-state index in [-0.39, 0.29) is 17.2 Å². The number of aromatic nitrogens is 3. The molecule has 1 unspecified atom stereocenters. The van der Waals surface area contributed by atoms with Gasteiger partial charge in [-0.15, -0.1) is 0 Å². The lowest BCUT2D eigenvalue weighted by atomic mass is 9.75. The van der Waals surface area contributed by atoms with Crippen LogP contribution in [-0.2, 0) is 4.79 Å². The van der Waals surface area contributed by atoms with Crippen LogP contribution in [0.4, 0.5) is 5.69 Å². The van der Waals surface area contributed by atoms with Gasteiger partial charge in [-0.2, -0.15) is 10.4 Å². The fourth-order valence-electron chi connectivity index (χ4n) is 4.74. The van der Waals surface area contributed by atoms with Crippen molar-refractivity contribution in [1.29, 1.82) is 5.26 Å². The van der Waals surface area contributed by atoms with Gasteiger partial charge in [-0.05, 0) is 44.0 Å². The molecule has 0 saturated carbocycles. The summed E-state index contributed by atoms with van der Waals surface area (Å²) in [5.41, 5.74) is 11.0. The van der Waals surface area contributed by atoms with Gasteiger partial charge in [0.05, 0.1) is 40.8 Å². The van der Waals surface area contributed by atoms with Gasteiger partial charge in [0.15, 0.2) is 5.78 Å². The predicted octanol–water partition coefficient (Wildman–Crippen LogP) is 4.53. The summed E-state index contributed by atoms with van der Waals surface area (Å²) >= 11 is 6.87. The summed E-state index contributed by atoms with van der Waals surface area (Å²) in [6.07, 6.45) is 5.14. The highest BCUT2D eigenvalue weighted by Gasteiger charge is 2.42. The predicted molar refractivity (Wildman–Crippen MR) is 125 cm³/mol. The average molecular weight is 457 g/mol. The number of aryl methyl sites for hydroxylation is 1. The van der Waals surface area contributed by atoms with E-state index in [1.165, 1.54) is 0 Å². The van der Waals surface area contributed by atoms with E-state index in [0.29, 0.717) is 46.9 Å². The van der Waals surface area contributed by atoms with E-state index in [2.05, 4.69) is 16.2 Å². The maximum atomic E-state index is 13.3. The molecule has 0 bridgehead atoms. The first-order valence-corrected chi connectivity index (χ1v) is 11.1. The van der Waals surface area contributed by atoms with Crippen LogP contribution < -0.4 is 10.6 Å². The molecule has 2 N–H and O–H groups in total. The van der Waals surface area contributed by atoms with Crippen LogP contribution in [0.2, 0.25) is 5.15 Å². The molecule has 0 saturated heterocycles. The first-order chi connectivity index (χ1) is 16.0. The van der Waals surface area contributed by atoms with Crippen LogP contribution in [-0.4, -0.2) is 20.5 Å². The molecule has 3 aromatic rings. The zero-order chi connectivity index (χ0) is 23.1. The Bertz CT molecular complexity index is 1350. The molecule has 0 fully saturated rings. The highest BCUT2D eigenvalue weighted by Crippen LogP contribution is 2.48. The Morgan fingerprint density at radius 1 is 1.15 bits per heavy atom. The topological polar surface area (TPSA) is 101 Å². The molecule has 1 aliphatic heterocycles. The summed E-state index contributed by atoms with van der Waals surface area (Å²) in [4.78, 5) is 19.3. The smallest absolute Gasteiger partial charge is 0.161 e. The number of anilines is 1. The van der Waals surface area contributed by atoms with Crippen LogP contribution in [0.15, 0.2) is 77.5 Å². The van der Waals surface area contributed by atoms with Gasteiger partial charge in [-0.3, -0.25) is 14.7 Å². The van der Waals surface area contributed by atoms with Crippen LogP contribution >= 0.6 is 11.6 Å². The van der Waals surface area contributed by atoms with Crippen LogP contribution in [0.1, 0.15) is 36.4 Å². The van der Waals surface area contributed by atoms with Crippen LogP contribution in [0.5, 0.6) is 0 Å². The lowest BCUT2D eigenvalue weighted by Gasteiger charge is -2.39. The monoisotopic (exact) mass is 456 g/mol. The molecule has 3 heterocycles. The molecule has 164 valence electrons. The maximum Gasteiger partial charge on any atom is 0.161 e. The lowest BCUT2D eigenvalue weighted by Crippen LogP contribution is -2.38. The van der Waals surface area contributed by atoms with Gasteiger partial charge in [-0.25, -0.2) is 4.68 Å². The molecular formula is C25H21ClN6O. The SMILES string of the molecule is Cc1nn(-c2ccccc2)c(Cl)c1C1C(C#N)=C(N)N(c2cccnc2)C2=C1C(=O)CCC2.